The number of aromatic nitrogens is 5. The van der Waals surface area contributed by atoms with Crippen LogP contribution in [0.1, 0.15) is 5.56 Å². The summed E-state index contributed by atoms with van der Waals surface area (Å²) in [6, 6.07) is 14.7. The van der Waals surface area contributed by atoms with E-state index >= 15 is 0 Å². The van der Waals surface area contributed by atoms with Crippen molar-refractivity contribution in [1.82, 2.24) is 24.7 Å². The van der Waals surface area contributed by atoms with E-state index < -0.39 is 6.67 Å². The third-order valence-electron chi connectivity index (χ3n) is 6.17. The van der Waals surface area contributed by atoms with Crippen molar-refractivity contribution >= 4 is 33.6 Å². The largest absolute Gasteiger partial charge is 0.485 e. The monoisotopic (exact) mass is 471 g/mol. The number of para-hydroxylation sites is 2. The average molecular weight is 471 g/mol. The summed E-state index contributed by atoms with van der Waals surface area (Å²) in [5.74, 6) is 1.18. The highest BCUT2D eigenvalue weighted by Gasteiger charge is 2.23. The molecule has 4 heterocycles. The Kier molecular flexibility index (Phi) is 5.05. The normalized spacial score (nSPS) is 15.3. The Morgan fingerprint density at radius 3 is 2.97 bits per heavy atom. The zero-order valence-corrected chi connectivity index (χ0v) is 18.9. The van der Waals surface area contributed by atoms with Crippen molar-refractivity contribution in [2.45, 2.75) is 12.8 Å². The van der Waals surface area contributed by atoms with Gasteiger partial charge in [-0.25, -0.2) is 9.37 Å². The molecule has 1 aliphatic heterocycles. The van der Waals surface area contributed by atoms with Gasteiger partial charge < -0.3 is 15.0 Å². The highest BCUT2D eigenvalue weighted by molar-refractivity contribution is 6.02. The molecule has 176 valence electrons. The molecule has 1 aliphatic rings. The topological polar surface area (TPSA) is 101 Å². The van der Waals surface area contributed by atoms with E-state index in [1.54, 1.807) is 36.7 Å². The number of hydrogen-bond donors (Lipinski definition) is 2. The van der Waals surface area contributed by atoms with Crippen molar-refractivity contribution in [3.05, 3.63) is 76.8 Å². The van der Waals surface area contributed by atoms with Crippen LogP contribution in [0.5, 0.6) is 5.75 Å². The number of hydrogen-bond acceptors (Lipinski definition) is 7. The molecule has 6 rings (SSSR count). The second-order valence-corrected chi connectivity index (χ2v) is 8.49. The molecule has 0 aliphatic carbocycles. The maximum Gasteiger partial charge on any atom is 0.267 e. The predicted molar refractivity (Wildman–Crippen MR) is 132 cm³/mol. The molecule has 2 N–H and O–H groups in total. The van der Waals surface area contributed by atoms with Crippen molar-refractivity contribution in [3.8, 4) is 11.4 Å². The number of alkyl halides is 1. The lowest BCUT2D eigenvalue weighted by Gasteiger charge is -2.33. The lowest BCUT2D eigenvalue weighted by molar-refractivity contribution is 0.208. The van der Waals surface area contributed by atoms with Gasteiger partial charge in [0.25, 0.3) is 5.56 Å². The Morgan fingerprint density at radius 1 is 1.20 bits per heavy atom. The first-order valence-electron chi connectivity index (χ1n) is 11.2. The number of ether oxygens (including phenoxy) is 1. The Bertz CT molecular complexity index is 1610. The fourth-order valence-electron chi connectivity index (χ4n) is 4.49. The second-order valence-electron chi connectivity index (χ2n) is 8.49. The fourth-order valence-corrected chi connectivity index (χ4v) is 4.49. The molecule has 0 radical (unpaired) electrons. The second kappa shape index (κ2) is 8.39. The van der Waals surface area contributed by atoms with Gasteiger partial charge in [0.15, 0.2) is 5.65 Å². The molecule has 1 atom stereocenters. The molecule has 10 heteroatoms. The molecule has 3 aromatic heterocycles. The first kappa shape index (κ1) is 21.1. The predicted octanol–water partition coefficient (Wildman–Crippen LogP) is 3.44. The van der Waals surface area contributed by atoms with Crippen LogP contribution in [0.4, 0.5) is 16.0 Å². The molecule has 0 saturated heterocycles. The van der Waals surface area contributed by atoms with Gasteiger partial charge >= 0.3 is 0 Å². The Labute approximate surface area is 199 Å². The number of aromatic amines is 1. The Hall–Kier alpha value is -4.47. The van der Waals surface area contributed by atoms with Crippen LogP contribution < -0.4 is 20.5 Å². The number of fused-ring (bicyclic) bond motifs is 4. The van der Waals surface area contributed by atoms with Crippen LogP contribution in [-0.4, -0.2) is 51.0 Å². The smallest absolute Gasteiger partial charge is 0.267 e. The van der Waals surface area contributed by atoms with Crippen LogP contribution in [0.3, 0.4) is 0 Å². The quantitative estimate of drug-likeness (QED) is 0.405. The SMILES string of the molecule is CN1CC(CNc2ncc3c4n[nH]cc4c(=O)n(-c4cccc(CF)c4)c3n2)Oc2ccccc21. The summed E-state index contributed by atoms with van der Waals surface area (Å²) >= 11 is 0. The molecule has 35 heavy (non-hydrogen) atoms. The molecular weight excluding hydrogens is 449 g/mol. The summed E-state index contributed by atoms with van der Waals surface area (Å²) in [6.07, 6.45) is 3.07. The van der Waals surface area contributed by atoms with Crippen LogP contribution in [0.15, 0.2) is 65.7 Å². The van der Waals surface area contributed by atoms with E-state index in [2.05, 4.69) is 30.4 Å². The van der Waals surface area contributed by atoms with E-state index in [0.717, 1.165) is 11.4 Å². The summed E-state index contributed by atoms with van der Waals surface area (Å²) in [6.45, 7) is 0.540. The lowest BCUT2D eigenvalue weighted by atomic mass is 10.2. The van der Waals surface area contributed by atoms with E-state index in [1.165, 1.54) is 4.57 Å². The van der Waals surface area contributed by atoms with Gasteiger partial charge in [0.05, 0.1) is 35.2 Å². The highest BCUT2D eigenvalue weighted by atomic mass is 19.1. The maximum atomic E-state index is 13.4. The number of anilines is 2. The minimum atomic E-state index is -0.630. The van der Waals surface area contributed by atoms with Crippen LogP contribution in [-0.2, 0) is 6.67 Å². The number of halogens is 1. The summed E-state index contributed by atoms with van der Waals surface area (Å²) in [4.78, 5) is 24.7. The molecule has 2 aromatic carbocycles. The standard InChI is InChI=1S/C25H22FN7O2/c1-32-14-17(35-21-8-3-2-7-20(21)32)11-27-25-28-12-18-22-19(13-29-31-22)24(34)33(23(18)30-25)16-6-4-5-15(9-16)10-26/h2-9,12-13,17H,10-11,14H2,1H3,(H,29,31)(H,27,28,30). The summed E-state index contributed by atoms with van der Waals surface area (Å²) < 4.78 is 21.0. The average Bonchev–Trinajstić information content (AvgIpc) is 3.38. The molecule has 9 nitrogen and oxygen atoms in total. The summed E-state index contributed by atoms with van der Waals surface area (Å²) in [5, 5.41) is 11.2. The van der Waals surface area contributed by atoms with Gasteiger partial charge in [0.2, 0.25) is 5.95 Å². The van der Waals surface area contributed by atoms with Crippen LogP contribution in [0, 0.1) is 0 Å². The van der Waals surface area contributed by atoms with Crippen LogP contribution >= 0.6 is 0 Å². The zero-order valence-electron chi connectivity index (χ0n) is 18.9. The number of nitrogens with one attached hydrogen (secondary N) is 2. The number of H-pyrrole nitrogens is 1. The number of pyridine rings is 1. The minimum Gasteiger partial charge on any atom is -0.485 e. The Balaban J connectivity index is 1.38. The molecule has 0 fully saturated rings. The van der Waals surface area contributed by atoms with E-state index in [9.17, 15) is 9.18 Å². The van der Waals surface area contributed by atoms with Gasteiger partial charge in [0.1, 0.15) is 24.0 Å². The molecule has 1 unspecified atom stereocenters. The van der Waals surface area contributed by atoms with Gasteiger partial charge in [-0.3, -0.25) is 14.5 Å². The Morgan fingerprint density at radius 2 is 2.09 bits per heavy atom. The highest BCUT2D eigenvalue weighted by Crippen LogP contribution is 2.32. The van der Waals surface area contributed by atoms with E-state index in [-0.39, 0.29) is 11.7 Å². The zero-order chi connectivity index (χ0) is 23.9. The third kappa shape index (κ3) is 3.63. The van der Waals surface area contributed by atoms with Crippen molar-refractivity contribution in [1.29, 1.82) is 0 Å². The third-order valence-corrected chi connectivity index (χ3v) is 6.17. The van der Waals surface area contributed by atoms with Crippen molar-refractivity contribution in [3.63, 3.8) is 0 Å². The number of rotatable bonds is 5. The van der Waals surface area contributed by atoms with E-state index in [1.807, 2.05) is 31.3 Å². The first-order valence-corrected chi connectivity index (χ1v) is 11.2. The molecular formula is C25H22FN7O2. The van der Waals surface area contributed by atoms with Gasteiger partial charge in [-0.15, -0.1) is 0 Å². The van der Waals surface area contributed by atoms with Crippen molar-refractivity contribution < 1.29 is 9.13 Å². The summed E-state index contributed by atoms with van der Waals surface area (Å²) in [5.41, 5.74) is 2.63. The van der Waals surface area contributed by atoms with Gasteiger partial charge in [-0.05, 0) is 29.8 Å². The number of likely N-dealkylation sites (N-methyl/N-ethyl adjacent to an activating group) is 1. The molecule has 0 saturated carbocycles. The van der Waals surface area contributed by atoms with Gasteiger partial charge in [-0.1, -0.05) is 24.3 Å². The molecule has 0 bridgehead atoms. The number of benzene rings is 2. The van der Waals surface area contributed by atoms with Gasteiger partial charge in [0, 0.05) is 19.4 Å². The van der Waals surface area contributed by atoms with Crippen LogP contribution in [0.25, 0.3) is 27.6 Å². The number of nitrogens with zero attached hydrogens (tertiary/aromatic N) is 5. The fraction of sp³-hybridized carbons (Fsp3) is 0.200. The summed E-state index contributed by atoms with van der Waals surface area (Å²) in [7, 11) is 2.03. The van der Waals surface area contributed by atoms with E-state index in [4.69, 9.17) is 4.74 Å². The minimum absolute atomic E-state index is 0.119. The molecule has 0 spiro atoms. The molecule has 0 amide bonds. The lowest BCUT2D eigenvalue weighted by Crippen LogP contribution is -2.41. The maximum absolute atomic E-state index is 13.4. The first-order chi connectivity index (χ1) is 17.1. The van der Waals surface area contributed by atoms with Crippen LogP contribution in [0.2, 0.25) is 0 Å². The molecule has 5 aromatic rings. The van der Waals surface area contributed by atoms with E-state index in [0.29, 0.717) is 52.2 Å². The van der Waals surface area contributed by atoms with Crippen molar-refractivity contribution in [2.24, 2.45) is 0 Å². The van der Waals surface area contributed by atoms with Crippen molar-refractivity contribution in [2.75, 3.05) is 30.4 Å². The van der Waals surface area contributed by atoms with Gasteiger partial charge in [-0.2, -0.15) is 10.1 Å².